The number of aliphatic hydroxyl groups is 1. The van der Waals surface area contributed by atoms with Crippen molar-refractivity contribution in [1.82, 2.24) is 4.90 Å². The van der Waals surface area contributed by atoms with Crippen molar-refractivity contribution in [1.29, 1.82) is 0 Å². The van der Waals surface area contributed by atoms with Gasteiger partial charge in [0, 0.05) is 23.8 Å². The normalized spacial score (nSPS) is 29.6. The number of benzene rings is 1. The standard InChI is InChI=1S/C24H27ClN2O6/c1-3-11-26(16-7-5-15(25)6-8-16)22(30)20-24-10-9-17(33-24)18(23(31)32-14-4-2)19(24)21(29)27(20)12-13-28/h3-8,17-20,28H,1-2,9-14H2/t17-,18+,19+,20?,24?/m1/s1. The highest BCUT2D eigenvalue weighted by Crippen LogP contribution is 2.58. The van der Waals surface area contributed by atoms with Crippen LogP contribution in [-0.4, -0.2) is 71.8 Å². The van der Waals surface area contributed by atoms with E-state index in [0.29, 0.717) is 23.6 Å². The lowest BCUT2D eigenvalue weighted by atomic mass is 9.70. The van der Waals surface area contributed by atoms with Crippen molar-refractivity contribution >= 4 is 35.1 Å². The van der Waals surface area contributed by atoms with Crippen molar-refractivity contribution in [2.45, 2.75) is 30.6 Å². The van der Waals surface area contributed by atoms with Gasteiger partial charge in [-0.1, -0.05) is 30.3 Å². The summed E-state index contributed by atoms with van der Waals surface area (Å²) in [4.78, 5) is 43.2. The van der Waals surface area contributed by atoms with E-state index in [4.69, 9.17) is 21.1 Å². The van der Waals surface area contributed by atoms with Crippen molar-refractivity contribution in [3.8, 4) is 0 Å². The molecule has 9 heteroatoms. The Hall–Kier alpha value is -2.68. The van der Waals surface area contributed by atoms with Crippen LogP contribution in [0.5, 0.6) is 0 Å². The number of hydrogen-bond donors (Lipinski definition) is 1. The van der Waals surface area contributed by atoms with Crippen LogP contribution in [-0.2, 0) is 23.9 Å². The zero-order chi connectivity index (χ0) is 23.8. The summed E-state index contributed by atoms with van der Waals surface area (Å²) >= 11 is 6.01. The molecule has 3 aliphatic rings. The van der Waals surface area contributed by atoms with Gasteiger partial charge in [-0.05, 0) is 37.1 Å². The molecule has 0 aromatic heterocycles. The molecule has 5 atom stereocenters. The Kier molecular flexibility index (Phi) is 6.61. The third kappa shape index (κ3) is 3.76. The molecule has 0 saturated carbocycles. The third-order valence-corrected chi connectivity index (χ3v) is 6.96. The lowest BCUT2D eigenvalue weighted by Crippen LogP contribution is -2.56. The number of ether oxygens (including phenoxy) is 2. The fourth-order valence-electron chi connectivity index (χ4n) is 5.51. The predicted octanol–water partition coefficient (Wildman–Crippen LogP) is 1.96. The number of esters is 1. The molecule has 33 heavy (non-hydrogen) atoms. The van der Waals surface area contributed by atoms with E-state index < -0.39 is 35.6 Å². The van der Waals surface area contributed by atoms with E-state index in [1.165, 1.54) is 15.9 Å². The number of β-amino-alcohol motifs (C(OH)–C–C–N with tert-alkyl or cyclic N) is 1. The first kappa shape index (κ1) is 23.5. The quantitative estimate of drug-likeness (QED) is 0.434. The van der Waals surface area contributed by atoms with Crippen LogP contribution in [0.4, 0.5) is 5.69 Å². The number of nitrogens with zero attached hydrogens (tertiary/aromatic N) is 2. The molecule has 1 aromatic carbocycles. The summed E-state index contributed by atoms with van der Waals surface area (Å²) < 4.78 is 11.6. The number of anilines is 1. The van der Waals surface area contributed by atoms with Gasteiger partial charge in [-0.2, -0.15) is 0 Å². The first-order valence-electron chi connectivity index (χ1n) is 10.9. The van der Waals surface area contributed by atoms with Crippen LogP contribution in [0.15, 0.2) is 49.6 Å². The molecule has 176 valence electrons. The largest absolute Gasteiger partial charge is 0.461 e. The molecule has 0 radical (unpaired) electrons. The van der Waals surface area contributed by atoms with Crippen LogP contribution in [0.2, 0.25) is 5.02 Å². The predicted molar refractivity (Wildman–Crippen MR) is 122 cm³/mol. The van der Waals surface area contributed by atoms with Crippen LogP contribution in [0, 0.1) is 11.8 Å². The Labute approximate surface area is 197 Å². The number of rotatable bonds is 9. The molecular formula is C24H27ClN2O6. The lowest BCUT2D eigenvalue weighted by molar-refractivity contribution is -0.154. The van der Waals surface area contributed by atoms with Crippen molar-refractivity contribution in [3.05, 3.63) is 54.6 Å². The van der Waals surface area contributed by atoms with Gasteiger partial charge in [0.2, 0.25) is 5.91 Å². The molecule has 4 rings (SSSR count). The molecule has 1 spiro atoms. The van der Waals surface area contributed by atoms with Crippen molar-refractivity contribution in [2.75, 3.05) is 31.2 Å². The Morgan fingerprint density at radius 1 is 1.30 bits per heavy atom. The van der Waals surface area contributed by atoms with E-state index in [1.54, 1.807) is 30.3 Å². The molecule has 1 N–H and O–H groups in total. The maximum Gasteiger partial charge on any atom is 0.312 e. The Morgan fingerprint density at radius 3 is 2.67 bits per heavy atom. The highest BCUT2D eigenvalue weighted by molar-refractivity contribution is 6.30. The second-order valence-electron chi connectivity index (χ2n) is 8.44. The first-order chi connectivity index (χ1) is 15.9. The number of carbonyl (C=O) groups excluding carboxylic acids is 3. The van der Waals surface area contributed by atoms with Gasteiger partial charge in [0.15, 0.2) is 0 Å². The molecule has 1 aromatic rings. The van der Waals surface area contributed by atoms with Crippen molar-refractivity contribution < 1.29 is 29.0 Å². The zero-order valence-electron chi connectivity index (χ0n) is 18.2. The molecule has 3 aliphatic heterocycles. The van der Waals surface area contributed by atoms with Crippen molar-refractivity contribution in [3.63, 3.8) is 0 Å². The Morgan fingerprint density at radius 2 is 2.03 bits per heavy atom. The van der Waals surface area contributed by atoms with Crippen molar-refractivity contribution in [2.24, 2.45) is 11.8 Å². The molecule has 0 aliphatic carbocycles. The summed E-state index contributed by atoms with van der Waals surface area (Å²) in [6, 6.07) is 5.80. The van der Waals surface area contributed by atoms with Gasteiger partial charge < -0.3 is 24.4 Å². The highest BCUT2D eigenvalue weighted by Gasteiger charge is 2.75. The van der Waals surface area contributed by atoms with Gasteiger partial charge in [0.05, 0.1) is 24.5 Å². The van der Waals surface area contributed by atoms with Crippen LogP contribution in [0.1, 0.15) is 12.8 Å². The van der Waals surface area contributed by atoms with Crippen LogP contribution in [0.25, 0.3) is 0 Å². The SMILES string of the molecule is C=CCOC(=O)[C@@H]1[C@H]2C(=O)N(CCO)C(C(=O)N(CC=C)c3ccc(Cl)cc3)C23CC[C@H]1O3. The van der Waals surface area contributed by atoms with E-state index in [2.05, 4.69) is 13.2 Å². The summed E-state index contributed by atoms with van der Waals surface area (Å²) in [7, 11) is 0. The van der Waals surface area contributed by atoms with E-state index in [1.807, 2.05) is 0 Å². The van der Waals surface area contributed by atoms with E-state index in [0.717, 1.165) is 0 Å². The fourth-order valence-corrected chi connectivity index (χ4v) is 5.63. The zero-order valence-corrected chi connectivity index (χ0v) is 18.9. The number of fused-ring (bicyclic) bond motifs is 1. The van der Waals surface area contributed by atoms with Crippen LogP contribution in [0.3, 0.4) is 0 Å². The number of carbonyl (C=O) groups is 3. The number of likely N-dealkylation sites (tertiary alicyclic amines) is 1. The topological polar surface area (TPSA) is 96.4 Å². The highest BCUT2D eigenvalue weighted by atomic mass is 35.5. The molecule has 3 heterocycles. The average Bonchev–Trinajstić information content (AvgIpc) is 3.44. The third-order valence-electron chi connectivity index (χ3n) is 6.71. The lowest BCUT2D eigenvalue weighted by Gasteiger charge is -2.36. The van der Waals surface area contributed by atoms with Crippen LogP contribution < -0.4 is 4.90 Å². The molecule has 2 bridgehead atoms. The Bertz CT molecular complexity index is 966. The summed E-state index contributed by atoms with van der Waals surface area (Å²) in [6.07, 6.45) is 3.56. The second kappa shape index (κ2) is 9.29. The van der Waals surface area contributed by atoms with Gasteiger partial charge in [-0.25, -0.2) is 0 Å². The number of aliphatic hydroxyl groups excluding tert-OH is 1. The van der Waals surface area contributed by atoms with E-state index in [9.17, 15) is 19.5 Å². The maximum absolute atomic E-state index is 14.0. The summed E-state index contributed by atoms with van der Waals surface area (Å²) in [6.45, 7) is 7.17. The minimum absolute atomic E-state index is 0.0301. The minimum atomic E-state index is -1.16. The first-order valence-corrected chi connectivity index (χ1v) is 11.3. The molecule has 2 unspecified atom stereocenters. The van der Waals surface area contributed by atoms with Crippen LogP contribution >= 0.6 is 11.6 Å². The Balaban J connectivity index is 1.73. The van der Waals surface area contributed by atoms with Gasteiger partial charge in [0.1, 0.15) is 18.2 Å². The molecule has 2 amide bonds. The summed E-state index contributed by atoms with van der Waals surface area (Å²) in [5.41, 5.74) is -0.562. The van der Waals surface area contributed by atoms with E-state index >= 15 is 0 Å². The molecule has 3 fully saturated rings. The number of halogens is 1. The maximum atomic E-state index is 14.0. The van der Waals surface area contributed by atoms with Gasteiger partial charge in [-0.15, -0.1) is 6.58 Å². The second-order valence-corrected chi connectivity index (χ2v) is 8.88. The summed E-state index contributed by atoms with van der Waals surface area (Å²) in [5.74, 6) is -2.90. The fraction of sp³-hybridized carbons (Fsp3) is 0.458. The number of amides is 2. The van der Waals surface area contributed by atoms with Gasteiger partial charge in [-0.3, -0.25) is 14.4 Å². The monoisotopic (exact) mass is 474 g/mol. The van der Waals surface area contributed by atoms with E-state index in [-0.39, 0.29) is 38.1 Å². The van der Waals surface area contributed by atoms with Gasteiger partial charge >= 0.3 is 5.97 Å². The smallest absolute Gasteiger partial charge is 0.312 e. The number of hydrogen-bond acceptors (Lipinski definition) is 6. The molecular weight excluding hydrogens is 448 g/mol. The molecule has 8 nitrogen and oxygen atoms in total. The van der Waals surface area contributed by atoms with Gasteiger partial charge in [0.25, 0.3) is 5.91 Å². The summed E-state index contributed by atoms with van der Waals surface area (Å²) in [5, 5.41) is 10.2. The minimum Gasteiger partial charge on any atom is -0.461 e. The molecule has 3 saturated heterocycles. The average molecular weight is 475 g/mol.